The highest BCUT2D eigenvalue weighted by Gasteiger charge is 2.06. The van der Waals surface area contributed by atoms with Gasteiger partial charge in [0.2, 0.25) is 5.91 Å². The van der Waals surface area contributed by atoms with E-state index >= 15 is 0 Å². The first-order chi connectivity index (χ1) is 11.1. The molecule has 0 aliphatic rings. The van der Waals surface area contributed by atoms with Crippen LogP contribution in [0.4, 0.5) is 0 Å². The zero-order chi connectivity index (χ0) is 16.2. The Bertz CT molecular complexity index is 951. The van der Waals surface area contributed by atoms with Crippen molar-refractivity contribution >= 4 is 16.8 Å². The number of carbonyl (C=O) groups is 1. The van der Waals surface area contributed by atoms with Gasteiger partial charge >= 0.3 is 0 Å². The maximum atomic E-state index is 11.9. The molecule has 1 aromatic carbocycles. The molecule has 0 bridgehead atoms. The second kappa shape index (κ2) is 6.35. The van der Waals surface area contributed by atoms with Gasteiger partial charge in [0, 0.05) is 35.8 Å². The highest BCUT2D eigenvalue weighted by Crippen LogP contribution is 2.17. The van der Waals surface area contributed by atoms with Crippen molar-refractivity contribution in [2.75, 3.05) is 6.54 Å². The van der Waals surface area contributed by atoms with E-state index in [9.17, 15) is 14.4 Å². The molecule has 0 radical (unpaired) electrons. The first-order valence-electron chi connectivity index (χ1n) is 7.25. The van der Waals surface area contributed by atoms with Gasteiger partial charge < -0.3 is 10.3 Å². The van der Waals surface area contributed by atoms with Gasteiger partial charge in [-0.1, -0.05) is 18.2 Å². The SMILES string of the molecule is O=C(Cn1[nH]c(=O)ccc1=O)NCCc1c[nH]c2ccccc12. The van der Waals surface area contributed by atoms with E-state index in [1.54, 1.807) is 0 Å². The number of aromatic amines is 2. The number of hydrogen-bond donors (Lipinski definition) is 3. The fraction of sp³-hybridized carbons (Fsp3) is 0.188. The number of aromatic nitrogens is 3. The molecular weight excluding hydrogens is 296 g/mol. The van der Waals surface area contributed by atoms with Crippen LogP contribution in [0.3, 0.4) is 0 Å². The third-order valence-corrected chi connectivity index (χ3v) is 3.58. The van der Waals surface area contributed by atoms with E-state index in [4.69, 9.17) is 0 Å². The average Bonchev–Trinajstić information content (AvgIpc) is 2.94. The van der Waals surface area contributed by atoms with Crippen molar-refractivity contribution < 1.29 is 4.79 Å². The number of H-pyrrole nitrogens is 2. The Morgan fingerprint density at radius 2 is 1.96 bits per heavy atom. The van der Waals surface area contributed by atoms with Crippen LogP contribution in [0.2, 0.25) is 0 Å². The van der Waals surface area contributed by atoms with Crippen molar-refractivity contribution in [1.82, 2.24) is 20.1 Å². The molecule has 7 heteroatoms. The van der Waals surface area contributed by atoms with Gasteiger partial charge in [-0.25, -0.2) is 4.68 Å². The molecule has 0 atom stereocenters. The Morgan fingerprint density at radius 1 is 1.13 bits per heavy atom. The second-order valence-electron chi connectivity index (χ2n) is 5.19. The molecule has 3 rings (SSSR count). The number of benzene rings is 1. The third kappa shape index (κ3) is 3.39. The van der Waals surface area contributed by atoms with E-state index in [1.165, 1.54) is 0 Å². The molecule has 1 amide bonds. The number of amides is 1. The van der Waals surface area contributed by atoms with E-state index < -0.39 is 11.1 Å². The predicted octanol–water partition coefficient (Wildman–Crippen LogP) is 0.377. The number of nitrogens with zero attached hydrogens (tertiary/aromatic N) is 1. The van der Waals surface area contributed by atoms with E-state index in [2.05, 4.69) is 15.4 Å². The minimum absolute atomic E-state index is 0.206. The summed E-state index contributed by atoms with van der Waals surface area (Å²) in [5, 5.41) is 6.19. The lowest BCUT2D eigenvalue weighted by Crippen LogP contribution is -2.36. The molecule has 23 heavy (non-hydrogen) atoms. The lowest BCUT2D eigenvalue weighted by molar-refractivity contribution is -0.121. The van der Waals surface area contributed by atoms with Crippen LogP contribution in [0.15, 0.2) is 52.2 Å². The summed E-state index contributed by atoms with van der Waals surface area (Å²) in [6.07, 6.45) is 2.60. The van der Waals surface area contributed by atoms with Crippen LogP contribution in [0.5, 0.6) is 0 Å². The van der Waals surface area contributed by atoms with Crippen LogP contribution in [-0.2, 0) is 17.8 Å². The maximum absolute atomic E-state index is 11.9. The summed E-state index contributed by atoms with van der Waals surface area (Å²) in [4.78, 5) is 37.7. The normalized spacial score (nSPS) is 10.8. The highest BCUT2D eigenvalue weighted by atomic mass is 16.2. The summed E-state index contributed by atoms with van der Waals surface area (Å²) in [7, 11) is 0. The molecule has 0 spiro atoms. The monoisotopic (exact) mass is 312 g/mol. The fourth-order valence-electron chi connectivity index (χ4n) is 2.45. The zero-order valence-corrected chi connectivity index (χ0v) is 12.3. The summed E-state index contributed by atoms with van der Waals surface area (Å²) in [6, 6.07) is 10.2. The molecule has 2 aromatic heterocycles. The Morgan fingerprint density at radius 3 is 2.83 bits per heavy atom. The Balaban J connectivity index is 1.58. The molecule has 3 N–H and O–H groups in total. The van der Waals surface area contributed by atoms with Gasteiger partial charge in [0.25, 0.3) is 11.1 Å². The van der Waals surface area contributed by atoms with Crippen LogP contribution < -0.4 is 16.4 Å². The molecule has 7 nitrogen and oxygen atoms in total. The molecule has 2 heterocycles. The van der Waals surface area contributed by atoms with Gasteiger partial charge in [0.05, 0.1) is 0 Å². The summed E-state index contributed by atoms with van der Waals surface area (Å²) < 4.78 is 0.989. The number of nitrogens with one attached hydrogen (secondary N) is 3. The number of para-hydroxylation sites is 1. The summed E-state index contributed by atoms with van der Waals surface area (Å²) in [6.45, 7) is 0.245. The molecule has 0 saturated heterocycles. The fourth-order valence-corrected chi connectivity index (χ4v) is 2.45. The van der Waals surface area contributed by atoms with Gasteiger partial charge in [-0.05, 0) is 18.1 Å². The third-order valence-electron chi connectivity index (χ3n) is 3.58. The Kier molecular flexibility index (Phi) is 4.09. The van der Waals surface area contributed by atoms with Crippen molar-refractivity contribution in [2.24, 2.45) is 0 Å². The standard InChI is InChI=1S/C16H16N4O3/c21-14-5-6-16(23)20(19-14)10-15(22)17-8-7-11-9-18-13-4-2-1-3-12(11)13/h1-6,9,18H,7-8,10H2,(H,17,22)(H,19,21). The zero-order valence-electron chi connectivity index (χ0n) is 12.3. The second-order valence-corrected chi connectivity index (χ2v) is 5.19. The van der Waals surface area contributed by atoms with Gasteiger partial charge in [-0.2, -0.15) is 0 Å². The topological polar surface area (TPSA) is 99.8 Å². The Labute approximate surface area is 130 Å². The number of carbonyl (C=O) groups excluding carboxylic acids is 1. The molecule has 0 aliphatic heterocycles. The number of fused-ring (bicyclic) bond motifs is 1. The average molecular weight is 312 g/mol. The van der Waals surface area contributed by atoms with Gasteiger partial charge in [0.15, 0.2) is 0 Å². The molecular formula is C16H16N4O3. The van der Waals surface area contributed by atoms with E-state index in [0.717, 1.165) is 33.3 Å². The minimum Gasteiger partial charge on any atom is -0.361 e. The van der Waals surface area contributed by atoms with Crippen LogP contribution in [0, 0.1) is 0 Å². The molecule has 0 unspecified atom stereocenters. The predicted molar refractivity (Wildman–Crippen MR) is 86.3 cm³/mol. The smallest absolute Gasteiger partial charge is 0.265 e. The summed E-state index contributed by atoms with van der Waals surface area (Å²) in [5.74, 6) is -0.325. The summed E-state index contributed by atoms with van der Waals surface area (Å²) >= 11 is 0. The number of rotatable bonds is 5. The van der Waals surface area contributed by atoms with E-state index in [1.807, 2.05) is 30.5 Å². The Hall–Kier alpha value is -3.09. The number of hydrogen-bond acceptors (Lipinski definition) is 3. The van der Waals surface area contributed by atoms with Crippen LogP contribution in [-0.4, -0.2) is 27.2 Å². The summed E-state index contributed by atoms with van der Waals surface area (Å²) in [5.41, 5.74) is 1.33. The largest absolute Gasteiger partial charge is 0.361 e. The molecule has 0 fully saturated rings. The molecule has 3 aromatic rings. The van der Waals surface area contributed by atoms with Crippen molar-refractivity contribution in [3.05, 3.63) is 68.9 Å². The molecule has 0 saturated carbocycles. The maximum Gasteiger partial charge on any atom is 0.265 e. The van der Waals surface area contributed by atoms with Crippen molar-refractivity contribution in [3.63, 3.8) is 0 Å². The molecule has 118 valence electrons. The van der Waals surface area contributed by atoms with Crippen molar-refractivity contribution in [2.45, 2.75) is 13.0 Å². The van der Waals surface area contributed by atoms with E-state index in [-0.39, 0.29) is 12.5 Å². The lowest BCUT2D eigenvalue weighted by atomic mass is 10.1. The molecule has 0 aliphatic carbocycles. The van der Waals surface area contributed by atoms with E-state index in [0.29, 0.717) is 13.0 Å². The first kappa shape index (κ1) is 14.8. The lowest BCUT2D eigenvalue weighted by Gasteiger charge is -2.06. The van der Waals surface area contributed by atoms with Crippen LogP contribution >= 0.6 is 0 Å². The van der Waals surface area contributed by atoms with Gasteiger partial charge in [-0.15, -0.1) is 0 Å². The highest BCUT2D eigenvalue weighted by molar-refractivity contribution is 5.83. The van der Waals surface area contributed by atoms with Gasteiger partial charge in [-0.3, -0.25) is 19.5 Å². The minimum atomic E-state index is -0.420. The van der Waals surface area contributed by atoms with Gasteiger partial charge in [0.1, 0.15) is 6.54 Å². The van der Waals surface area contributed by atoms with Crippen LogP contribution in [0.1, 0.15) is 5.56 Å². The quantitative estimate of drug-likeness (QED) is 0.635. The van der Waals surface area contributed by atoms with Crippen LogP contribution in [0.25, 0.3) is 10.9 Å². The van der Waals surface area contributed by atoms with Crippen molar-refractivity contribution in [3.8, 4) is 0 Å². The first-order valence-corrected chi connectivity index (χ1v) is 7.25. The van der Waals surface area contributed by atoms with Crippen molar-refractivity contribution in [1.29, 1.82) is 0 Å².